The molecule has 0 spiro atoms. The highest BCUT2D eigenvalue weighted by Crippen LogP contribution is 2.30. The fraction of sp³-hybridized carbons (Fsp3) is 0.333. The molecule has 2 aromatic rings. The Morgan fingerprint density at radius 2 is 1.95 bits per heavy atom. The highest BCUT2D eigenvalue weighted by atomic mass is 19.4. The zero-order valence-electron chi connectivity index (χ0n) is 10.7. The lowest BCUT2D eigenvalue weighted by Gasteiger charge is -2.14. The van der Waals surface area contributed by atoms with Crippen molar-refractivity contribution in [2.75, 3.05) is 7.05 Å². The molecule has 2 rings (SSSR count). The van der Waals surface area contributed by atoms with Gasteiger partial charge in [0.25, 0.3) is 5.56 Å². The van der Waals surface area contributed by atoms with Gasteiger partial charge in [0, 0.05) is 0 Å². The Bertz CT molecular complexity index is 761. The van der Waals surface area contributed by atoms with E-state index in [1.165, 1.54) is 0 Å². The largest absolute Gasteiger partial charge is 0.416 e. The molecule has 0 aliphatic rings. The van der Waals surface area contributed by atoms with E-state index in [1.807, 2.05) is 0 Å². The van der Waals surface area contributed by atoms with Crippen molar-refractivity contribution in [1.29, 1.82) is 0 Å². The van der Waals surface area contributed by atoms with Crippen LogP contribution < -0.4 is 16.6 Å². The van der Waals surface area contributed by atoms with Crippen LogP contribution in [0.2, 0.25) is 0 Å². The van der Waals surface area contributed by atoms with Crippen molar-refractivity contribution in [3.8, 4) is 0 Å². The van der Waals surface area contributed by atoms with Crippen molar-refractivity contribution >= 4 is 10.9 Å². The minimum atomic E-state index is -4.53. The van der Waals surface area contributed by atoms with Crippen LogP contribution in [0.5, 0.6) is 0 Å². The first-order valence-electron chi connectivity index (χ1n) is 5.78. The molecule has 0 radical (unpaired) electrons. The summed E-state index contributed by atoms with van der Waals surface area (Å²) in [6.45, 7) is 1.59. The first-order valence-corrected chi connectivity index (χ1v) is 5.78. The van der Waals surface area contributed by atoms with Crippen molar-refractivity contribution in [1.82, 2.24) is 14.9 Å². The highest BCUT2D eigenvalue weighted by Gasteiger charge is 2.30. The normalized spacial score (nSPS) is 13.7. The second-order valence-electron chi connectivity index (χ2n) is 4.33. The summed E-state index contributed by atoms with van der Waals surface area (Å²) in [5, 5.41) is 2.75. The number of aromatic amines is 1. The Kier molecular flexibility index (Phi) is 3.43. The van der Waals surface area contributed by atoms with Crippen LogP contribution in [0.25, 0.3) is 10.9 Å². The summed E-state index contributed by atoms with van der Waals surface area (Å²) in [6, 6.07) is 2.64. The molecule has 0 saturated carbocycles. The molecular formula is C12H12F3N3O2. The van der Waals surface area contributed by atoms with Crippen LogP contribution in [0.3, 0.4) is 0 Å². The van der Waals surface area contributed by atoms with Crippen LogP contribution in [0, 0.1) is 0 Å². The molecule has 20 heavy (non-hydrogen) atoms. The number of H-pyrrole nitrogens is 1. The van der Waals surface area contributed by atoms with Gasteiger partial charge in [0.2, 0.25) is 0 Å². The molecule has 0 bridgehead atoms. The zero-order valence-corrected chi connectivity index (χ0v) is 10.7. The van der Waals surface area contributed by atoms with Crippen LogP contribution in [-0.2, 0) is 6.18 Å². The van der Waals surface area contributed by atoms with Crippen LogP contribution in [0.15, 0.2) is 27.8 Å². The summed E-state index contributed by atoms with van der Waals surface area (Å²) in [4.78, 5) is 26.2. The van der Waals surface area contributed by atoms with Gasteiger partial charge in [-0.05, 0) is 32.2 Å². The number of hydrogen-bond donors (Lipinski definition) is 2. The molecule has 1 aromatic carbocycles. The number of alkyl halides is 3. The number of nitrogens with zero attached hydrogens (tertiary/aromatic N) is 1. The molecule has 2 N–H and O–H groups in total. The van der Waals surface area contributed by atoms with Gasteiger partial charge in [-0.2, -0.15) is 13.2 Å². The second-order valence-corrected chi connectivity index (χ2v) is 4.33. The highest BCUT2D eigenvalue weighted by molar-refractivity contribution is 5.78. The summed E-state index contributed by atoms with van der Waals surface area (Å²) in [6.07, 6.45) is -5.10. The molecule has 1 heterocycles. The number of nitrogens with one attached hydrogen (secondary N) is 2. The number of halogens is 3. The third kappa shape index (κ3) is 2.34. The average molecular weight is 287 g/mol. The molecule has 1 atom stereocenters. The van der Waals surface area contributed by atoms with E-state index in [2.05, 4.69) is 10.3 Å². The van der Waals surface area contributed by atoms with Crippen LogP contribution in [-0.4, -0.2) is 16.6 Å². The van der Waals surface area contributed by atoms with Crippen molar-refractivity contribution in [2.24, 2.45) is 0 Å². The lowest BCUT2D eigenvalue weighted by molar-refractivity contribution is -0.137. The molecule has 0 aliphatic carbocycles. The molecule has 1 aromatic heterocycles. The van der Waals surface area contributed by atoms with E-state index in [0.29, 0.717) is 0 Å². The molecule has 108 valence electrons. The maximum atomic E-state index is 12.6. The van der Waals surface area contributed by atoms with Crippen molar-refractivity contribution in [2.45, 2.75) is 19.3 Å². The minimum absolute atomic E-state index is 0.0275. The van der Waals surface area contributed by atoms with E-state index in [9.17, 15) is 22.8 Å². The first kappa shape index (κ1) is 14.3. The van der Waals surface area contributed by atoms with E-state index < -0.39 is 29.2 Å². The SMILES string of the molecule is CNC(C)n1c(=O)[nH]c2cc(C(F)(F)F)ccc2c1=O. The smallest absolute Gasteiger partial charge is 0.307 e. The van der Waals surface area contributed by atoms with E-state index >= 15 is 0 Å². The molecule has 0 fully saturated rings. The molecule has 0 amide bonds. The predicted octanol–water partition coefficient (Wildman–Crippen LogP) is 1.45. The lowest BCUT2D eigenvalue weighted by Crippen LogP contribution is -2.41. The van der Waals surface area contributed by atoms with Crippen LogP contribution >= 0.6 is 0 Å². The number of rotatable bonds is 2. The maximum absolute atomic E-state index is 12.6. The van der Waals surface area contributed by atoms with Crippen molar-refractivity contribution in [3.05, 3.63) is 44.6 Å². The summed E-state index contributed by atoms with van der Waals surface area (Å²) < 4.78 is 38.7. The topological polar surface area (TPSA) is 66.9 Å². The van der Waals surface area contributed by atoms with E-state index in [-0.39, 0.29) is 10.9 Å². The van der Waals surface area contributed by atoms with E-state index in [4.69, 9.17) is 0 Å². The summed E-state index contributed by atoms with van der Waals surface area (Å²) >= 11 is 0. The fourth-order valence-corrected chi connectivity index (χ4v) is 1.89. The Morgan fingerprint density at radius 1 is 1.30 bits per heavy atom. The number of fused-ring (bicyclic) bond motifs is 1. The summed E-state index contributed by atoms with van der Waals surface area (Å²) in [5.74, 6) is 0. The van der Waals surface area contributed by atoms with Crippen LogP contribution in [0.4, 0.5) is 13.2 Å². The Morgan fingerprint density at radius 3 is 2.50 bits per heavy atom. The number of aromatic nitrogens is 2. The second kappa shape index (κ2) is 4.78. The third-order valence-electron chi connectivity index (χ3n) is 3.06. The van der Waals surface area contributed by atoms with Gasteiger partial charge in [-0.25, -0.2) is 9.36 Å². The van der Waals surface area contributed by atoms with Crippen molar-refractivity contribution < 1.29 is 13.2 Å². The third-order valence-corrected chi connectivity index (χ3v) is 3.06. The van der Waals surface area contributed by atoms with Gasteiger partial charge >= 0.3 is 11.9 Å². The fourth-order valence-electron chi connectivity index (χ4n) is 1.89. The number of benzene rings is 1. The quantitative estimate of drug-likeness (QED) is 0.878. The van der Waals surface area contributed by atoms with Gasteiger partial charge < -0.3 is 10.3 Å². The summed E-state index contributed by atoms with van der Waals surface area (Å²) in [7, 11) is 1.56. The van der Waals surface area contributed by atoms with Gasteiger partial charge in [-0.3, -0.25) is 4.79 Å². The monoisotopic (exact) mass is 287 g/mol. The van der Waals surface area contributed by atoms with Gasteiger partial charge in [0.15, 0.2) is 0 Å². The van der Waals surface area contributed by atoms with Gasteiger partial charge in [-0.1, -0.05) is 0 Å². The van der Waals surface area contributed by atoms with Gasteiger partial charge in [-0.15, -0.1) is 0 Å². The Hall–Kier alpha value is -2.09. The molecule has 5 nitrogen and oxygen atoms in total. The van der Waals surface area contributed by atoms with Gasteiger partial charge in [0.1, 0.15) is 0 Å². The van der Waals surface area contributed by atoms with Gasteiger partial charge in [0.05, 0.1) is 22.6 Å². The maximum Gasteiger partial charge on any atom is 0.416 e. The molecule has 1 unspecified atom stereocenters. The average Bonchev–Trinajstić information content (AvgIpc) is 2.36. The standard InChI is InChI=1S/C12H12F3N3O2/c1-6(16-2)18-10(19)8-4-3-7(12(13,14)15)5-9(8)17-11(18)20/h3-6,16H,1-2H3,(H,17,20). The molecule has 0 aliphatic heterocycles. The molecular weight excluding hydrogens is 275 g/mol. The van der Waals surface area contributed by atoms with Crippen LogP contribution in [0.1, 0.15) is 18.7 Å². The predicted molar refractivity (Wildman–Crippen MR) is 67.6 cm³/mol. The van der Waals surface area contributed by atoms with E-state index in [0.717, 1.165) is 22.8 Å². The number of hydrogen-bond acceptors (Lipinski definition) is 3. The molecule has 0 saturated heterocycles. The molecule has 8 heteroatoms. The Labute approximate surface area is 111 Å². The minimum Gasteiger partial charge on any atom is -0.307 e. The van der Waals surface area contributed by atoms with E-state index in [1.54, 1.807) is 14.0 Å². The first-order chi connectivity index (χ1) is 9.25. The Balaban J connectivity index is 2.77. The van der Waals surface area contributed by atoms with Crippen molar-refractivity contribution in [3.63, 3.8) is 0 Å². The zero-order chi connectivity index (χ0) is 15.1. The lowest BCUT2D eigenvalue weighted by atomic mass is 10.1. The summed E-state index contributed by atoms with van der Waals surface area (Å²) in [5.41, 5.74) is -2.45.